The standard InChI is InChI=1S/C19H19N5OS/c1-13-2-10-17(11-3-13)26-12-18(25)20-15-6-4-14(5-7-15)19-21-22-23-24(19)16-8-9-16/h2-7,10-11,16H,8-9,12H2,1H3,(H,20,25). The van der Waals surface area contributed by atoms with Crippen LogP contribution in [0.15, 0.2) is 53.4 Å². The van der Waals surface area contributed by atoms with Crippen LogP contribution in [0.4, 0.5) is 5.69 Å². The first-order valence-electron chi connectivity index (χ1n) is 8.57. The quantitative estimate of drug-likeness (QED) is 0.674. The number of carbonyl (C=O) groups excluding carboxylic acids is 1. The van der Waals surface area contributed by atoms with E-state index in [1.165, 1.54) is 17.3 Å². The lowest BCUT2D eigenvalue weighted by atomic mass is 10.2. The molecule has 1 amide bonds. The third-order valence-electron chi connectivity index (χ3n) is 4.20. The van der Waals surface area contributed by atoms with Crippen LogP contribution in [0.3, 0.4) is 0 Å². The maximum absolute atomic E-state index is 12.1. The van der Waals surface area contributed by atoms with E-state index >= 15 is 0 Å². The van der Waals surface area contributed by atoms with E-state index in [-0.39, 0.29) is 5.91 Å². The van der Waals surface area contributed by atoms with Crippen molar-refractivity contribution in [1.82, 2.24) is 20.2 Å². The normalized spacial score (nSPS) is 13.6. The number of hydrogen-bond donors (Lipinski definition) is 1. The molecule has 1 aliphatic rings. The molecule has 0 saturated heterocycles. The van der Waals surface area contributed by atoms with E-state index in [1.807, 2.05) is 60.1 Å². The highest BCUT2D eigenvalue weighted by atomic mass is 32.2. The zero-order valence-electron chi connectivity index (χ0n) is 14.4. The fraction of sp³-hybridized carbons (Fsp3) is 0.263. The average Bonchev–Trinajstić information content (AvgIpc) is 3.39. The number of nitrogens with zero attached hydrogens (tertiary/aromatic N) is 4. The Morgan fingerprint density at radius 1 is 1.15 bits per heavy atom. The third-order valence-corrected chi connectivity index (χ3v) is 5.22. The number of anilines is 1. The topological polar surface area (TPSA) is 72.7 Å². The SMILES string of the molecule is Cc1ccc(SCC(=O)Nc2ccc(-c3nnnn3C3CC3)cc2)cc1. The average molecular weight is 365 g/mol. The van der Waals surface area contributed by atoms with Crippen molar-refractivity contribution in [2.75, 3.05) is 11.1 Å². The molecule has 7 heteroatoms. The summed E-state index contributed by atoms with van der Waals surface area (Å²) in [4.78, 5) is 13.2. The zero-order chi connectivity index (χ0) is 17.9. The van der Waals surface area contributed by atoms with Crippen molar-refractivity contribution in [2.24, 2.45) is 0 Å². The molecular formula is C19H19N5OS. The van der Waals surface area contributed by atoms with Gasteiger partial charge in [0.1, 0.15) is 0 Å². The first-order chi connectivity index (χ1) is 12.7. The Morgan fingerprint density at radius 3 is 2.58 bits per heavy atom. The largest absolute Gasteiger partial charge is 0.325 e. The van der Waals surface area contributed by atoms with Gasteiger partial charge in [-0.05, 0) is 66.6 Å². The van der Waals surface area contributed by atoms with Gasteiger partial charge in [-0.2, -0.15) is 0 Å². The van der Waals surface area contributed by atoms with Crippen LogP contribution in [0.1, 0.15) is 24.4 Å². The Balaban J connectivity index is 1.35. The van der Waals surface area contributed by atoms with Crippen molar-refractivity contribution in [2.45, 2.75) is 30.7 Å². The fourth-order valence-electron chi connectivity index (χ4n) is 2.63. The Bertz CT molecular complexity index is 900. The molecule has 6 nitrogen and oxygen atoms in total. The molecule has 1 aromatic heterocycles. The molecule has 1 aliphatic carbocycles. The van der Waals surface area contributed by atoms with Gasteiger partial charge in [0.15, 0.2) is 5.82 Å². The van der Waals surface area contributed by atoms with Gasteiger partial charge in [-0.1, -0.05) is 17.7 Å². The van der Waals surface area contributed by atoms with Gasteiger partial charge in [-0.3, -0.25) is 4.79 Å². The number of benzene rings is 2. The number of aromatic nitrogens is 4. The highest BCUT2D eigenvalue weighted by molar-refractivity contribution is 8.00. The van der Waals surface area contributed by atoms with E-state index in [4.69, 9.17) is 0 Å². The van der Waals surface area contributed by atoms with Crippen LogP contribution in [0, 0.1) is 6.92 Å². The summed E-state index contributed by atoms with van der Waals surface area (Å²) in [5.74, 6) is 1.14. The van der Waals surface area contributed by atoms with Crippen LogP contribution in [0.2, 0.25) is 0 Å². The van der Waals surface area contributed by atoms with Crippen molar-refractivity contribution >= 4 is 23.4 Å². The van der Waals surface area contributed by atoms with Crippen LogP contribution in [0.25, 0.3) is 11.4 Å². The summed E-state index contributed by atoms with van der Waals surface area (Å²) >= 11 is 1.53. The van der Waals surface area contributed by atoms with E-state index in [0.29, 0.717) is 11.8 Å². The third kappa shape index (κ3) is 3.94. The van der Waals surface area contributed by atoms with Gasteiger partial charge in [-0.25, -0.2) is 4.68 Å². The first-order valence-corrected chi connectivity index (χ1v) is 9.55. The van der Waals surface area contributed by atoms with E-state index in [2.05, 4.69) is 20.8 Å². The van der Waals surface area contributed by atoms with E-state index < -0.39 is 0 Å². The lowest BCUT2D eigenvalue weighted by Crippen LogP contribution is -2.13. The molecule has 0 atom stereocenters. The minimum atomic E-state index is -0.0221. The van der Waals surface area contributed by atoms with Crippen molar-refractivity contribution in [3.63, 3.8) is 0 Å². The molecular weight excluding hydrogens is 346 g/mol. The van der Waals surface area contributed by atoms with E-state index in [9.17, 15) is 4.79 Å². The van der Waals surface area contributed by atoms with E-state index in [0.717, 1.165) is 34.8 Å². The van der Waals surface area contributed by atoms with Crippen LogP contribution in [0.5, 0.6) is 0 Å². The number of rotatable bonds is 6. The first kappa shape index (κ1) is 16.8. The Hall–Kier alpha value is -2.67. The van der Waals surface area contributed by atoms with Gasteiger partial charge in [0, 0.05) is 16.1 Å². The van der Waals surface area contributed by atoms with E-state index in [1.54, 1.807) is 0 Å². The van der Waals surface area contributed by atoms with Gasteiger partial charge >= 0.3 is 0 Å². The van der Waals surface area contributed by atoms with Gasteiger partial charge in [0.2, 0.25) is 5.91 Å². The second-order valence-electron chi connectivity index (χ2n) is 6.41. The molecule has 0 radical (unpaired) electrons. The number of tetrazole rings is 1. The highest BCUT2D eigenvalue weighted by Crippen LogP contribution is 2.36. The van der Waals surface area contributed by atoms with Gasteiger partial charge in [-0.15, -0.1) is 16.9 Å². The molecule has 132 valence electrons. The van der Waals surface area contributed by atoms with Crippen molar-refractivity contribution in [1.29, 1.82) is 0 Å². The number of aryl methyl sites for hydroxylation is 1. The number of nitrogens with one attached hydrogen (secondary N) is 1. The number of carbonyl (C=O) groups is 1. The maximum atomic E-state index is 12.1. The predicted molar refractivity (Wildman–Crippen MR) is 102 cm³/mol. The summed E-state index contributed by atoms with van der Waals surface area (Å²) in [7, 11) is 0. The molecule has 0 spiro atoms. The Morgan fingerprint density at radius 2 is 1.88 bits per heavy atom. The van der Waals surface area contributed by atoms with Crippen LogP contribution in [-0.2, 0) is 4.79 Å². The fourth-order valence-corrected chi connectivity index (χ4v) is 3.33. The summed E-state index contributed by atoms with van der Waals surface area (Å²) in [6.45, 7) is 2.05. The van der Waals surface area contributed by atoms with Gasteiger partial charge in [0.05, 0.1) is 11.8 Å². The molecule has 0 aliphatic heterocycles. The Labute approximate surface area is 156 Å². The number of amides is 1. The molecule has 1 N–H and O–H groups in total. The second kappa shape index (κ2) is 7.29. The molecule has 4 rings (SSSR count). The lowest BCUT2D eigenvalue weighted by Gasteiger charge is -2.07. The molecule has 1 saturated carbocycles. The highest BCUT2D eigenvalue weighted by Gasteiger charge is 2.28. The minimum Gasteiger partial charge on any atom is -0.325 e. The molecule has 0 bridgehead atoms. The van der Waals surface area contributed by atoms with Crippen LogP contribution >= 0.6 is 11.8 Å². The molecule has 0 unspecified atom stereocenters. The summed E-state index contributed by atoms with van der Waals surface area (Å²) in [5, 5.41) is 14.9. The zero-order valence-corrected chi connectivity index (χ0v) is 15.2. The van der Waals surface area contributed by atoms with Crippen LogP contribution in [-0.4, -0.2) is 31.9 Å². The van der Waals surface area contributed by atoms with Gasteiger partial charge in [0.25, 0.3) is 0 Å². The molecule has 3 aromatic rings. The van der Waals surface area contributed by atoms with Crippen molar-refractivity contribution < 1.29 is 4.79 Å². The summed E-state index contributed by atoms with van der Waals surface area (Å²) in [5.41, 5.74) is 2.94. The molecule has 1 fully saturated rings. The maximum Gasteiger partial charge on any atom is 0.234 e. The smallest absolute Gasteiger partial charge is 0.234 e. The lowest BCUT2D eigenvalue weighted by molar-refractivity contribution is -0.113. The molecule has 1 heterocycles. The second-order valence-corrected chi connectivity index (χ2v) is 7.45. The number of thioether (sulfide) groups is 1. The van der Waals surface area contributed by atoms with Crippen molar-refractivity contribution in [3.8, 4) is 11.4 Å². The summed E-state index contributed by atoms with van der Waals surface area (Å²) in [6.07, 6.45) is 2.26. The van der Waals surface area contributed by atoms with Gasteiger partial charge < -0.3 is 5.32 Å². The van der Waals surface area contributed by atoms with Crippen LogP contribution < -0.4 is 5.32 Å². The Kier molecular flexibility index (Phi) is 4.71. The molecule has 2 aromatic carbocycles. The van der Waals surface area contributed by atoms with Crippen molar-refractivity contribution in [3.05, 3.63) is 54.1 Å². The monoisotopic (exact) mass is 365 g/mol. The minimum absolute atomic E-state index is 0.0221. The summed E-state index contributed by atoms with van der Waals surface area (Å²) in [6, 6.07) is 16.2. The summed E-state index contributed by atoms with van der Waals surface area (Å²) < 4.78 is 1.88. The predicted octanol–water partition coefficient (Wildman–Crippen LogP) is 3.71. The molecule has 26 heavy (non-hydrogen) atoms. The number of hydrogen-bond acceptors (Lipinski definition) is 5.